The molecule has 1 aromatic carbocycles. The molecule has 1 aromatic heterocycles. The minimum Gasteiger partial charge on any atom is -0.462 e. The molecule has 0 atom stereocenters. The van der Waals surface area contributed by atoms with Crippen molar-refractivity contribution in [1.82, 2.24) is 9.97 Å². The van der Waals surface area contributed by atoms with Crippen molar-refractivity contribution in [2.75, 3.05) is 6.61 Å². The lowest BCUT2D eigenvalue weighted by Gasteiger charge is -2.11. The highest BCUT2D eigenvalue weighted by atomic mass is 35.5. The van der Waals surface area contributed by atoms with Crippen LogP contribution in [0.1, 0.15) is 28.5 Å². The summed E-state index contributed by atoms with van der Waals surface area (Å²) in [4.78, 5) is 18.9. The molecule has 2 aromatic rings. The molecule has 0 unspecified atom stereocenters. The predicted octanol–water partition coefficient (Wildman–Crippen LogP) is 4.62. The molecule has 0 aliphatic rings. The van der Waals surface area contributed by atoms with Crippen LogP contribution in [-0.4, -0.2) is 22.5 Å². The Kier molecular flexibility index (Phi) is 6.06. The number of ether oxygens (including phenoxy) is 1. The molecule has 1 heterocycles. The Balaban J connectivity index is 2.22. The number of hydrogen-bond acceptors (Lipinski definition) is 5. The quantitative estimate of drug-likeness (QED) is 0.433. The van der Waals surface area contributed by atoms with Crippen molar-refractivity contribution in [3.8, 4) is 0 Å². The summed E-state index contributed by atoms with van der Waals surface area (Å²) >= 11 is 6.80. The Labute approximate surface area is 145 Å². The molecule has 0 aliphatic carbocycles. The van der Waals surface area contributed by atoms with Crippen LogP contribution in [0.2, 0.25) is 5.02 Å². The summed E-state index contributed by atoms with van der Waals surface area (Å²) in [6.07, 6.45) is -3.93. The van der Waals surface area contributed by atoms with Gasteiger partial charge in [0.15, 0.2) is 10.9 Å². The number of alkyl halides is 3. The van der Waals surface area contributed by atoms with Crippen LogP contribution in [0.5, 0.6) is 0 Å². The van der Waals surface area contributed by atoms with Crippen LogP contribution in [0.25, 0.3) is 0 Å². The number of carbonyl (C=O) groups excluding carboxylic acids is 1. The van der Waals surface area contributed by atoms with Gasteiger partial charge in [0.1, 0.15) is 5.56 Å². The molecule has 0 bridgehead atoms. The number of benzene rings is 1. The van der Waals surface area contributed by atoms with E-state index in [1.165, 1.54) is 6.92 Å². The molecular formula is C15H12ClF3N2O2S. The molecule has 0 aliphatic heterocycles. The number of hydrogen-bond donors (Lipinski definition) is 0. The second-order valence-electron chi connectivity index (χ2n) is 4.55. The predicted molar refractivity (Wildman–Crippen MR) is 84.0 cm³/mol. The number of rotatable bonds is 5. The molecule has 2 rings (SSSR count). The zero-order valence-electron chi connectivity index (χ0n) is 12.4. The molecule has 0 N–H and O–H groups in total. The van der Waals surface area contributed by atoms with Crippen molar-refractivity contribution in [2.45, 2.75) is 24.0 Å². The Bertz CT molecular complexity index is 724. The van der Waals surface area contributed by atoms with E-state index in [4.69, 9.17) is 11.6 Å². The zero-order chi connectivity index (χ0) is 17.7. The number of carbonyl (C=O) groups is 1. The van der Waals surface area contributed by atoms with E-state index in [9.17, 15) is 18.0 Å². The molecule has 0 radical (unpaired) electrons. The van der Waals surface area contributed by atoms with E-state index in [0.717, 1.165) is 23.5 Å². The first kappa shape index (κ1) is 18.5. The van der Waals surface area contributed by atoms with Gasteiger partial charge >= 0.3 is 12.1 Å². The van der Waals surface area contributed by atoms with Crippen LogP contribution in [0.3, 0.4) is 0 Å². The zero-order valence-corrected chi connectivity index (χ0v) is 14.0. The van der Waals surface area contributed by atoms with Gasteiger partial charge in [-0.2, -0.15) is 13.2 Å². The molecular weight excluding hydrogens is 365 g/mol. The van der Waals surface area contributed by atoms with Crippen LogP contribution in [0, 0.1) is 0 Å². The number of aromatic nitrogens is 2. The van der Waals surface area contributed by atoms with Crippen LogP contribution < -0.4 is 0 Å². The summed E-state index contributed by atoms with van der Waals surface area (Å²) in [6.45, 7) is 1.46. The Morgan fingerprint density at radius 1 is 1.29 bits per heavy atom. The number of thioether (sulfide) groups is 1. The lowest BCUT2D eigenvalue weighted by atomic mass is 10.2. The van der Waals surface area contributed by atoms with Crippen molar-refractivity contribution in [3.63, 3.8) is 0 Å². The van der Waals surface area contributed by atoms with E-state index in [-0.39, 0.29) is 11.8 Å². The average molecular weight is 377 g/mol. The highest BCUT2D eigenvalue weighted by molar-refractivity contribution is 7.98. The van der Waals surface area contributed by atoms with Crippen molar-refractivity contribution >= 4 is 29.3 Å². The van der Waals surface area contributed by atoms with Crippen LogP contribution in [0.4, 0.5) is 13.2 Å². The highest BCUT2D eigenvalue weighted by Crippen LogP contribution is 2.32. The molecule has 0 spiro atoms. The van der Waals surface area contributed by atoms with Gasteiger partial charge in [-0.3, -0.25) is 0 Å². The second-order valence-corrected chi connectivity index (χ2v) is 5.93. The van der Waals surface area contributed by atoms with Gasteiger partial charge in [0.2, 0.25) is 0 Å². The first-order chi connectivity index (χ1) is 11.3. The molecule has 9 heteroatoms. The van der Waals surface area contributed by atoms with Crippen LogP contribution in [0.15, 0.2) is 35.6 Å². The largest absolute Gasteiger partial charge is 0.462 e. The van der Waals surface area contributed by atoms with E-state index < -0.39 is 23.4 Å². The lowest BCUT2D eigenvalue weighted by molar-refractivity contribution is -0.142. The van der Waals surface area contributed by atoms with E-state index in [0.29, 0.717) is 10.8 Å². The molecule has 4 nitrogen and oxygen atoms in total. The van der Waals surface area contributed by atoms with E-state index in [2.05, 4.69) is 14.7 Å². The molecule has 0 fully saturated rings. The monoisotopic (exact) mass is 376 g/mol. The first-order valence-electron chi connectivity index (χ1n) is 6.80. The summed E-state index contributed by atoms with van der Waals surface area (Å²) < 4.78 is 43.9. The van der Waals surface area contributed by atoms with Gasteiger partial charge < -0.3 is 4.74 Å². The highest BCUT2D eigenvalue weighted by Gasteiger charge is 2.38. The van der Waals surface area contributed by atoms with E-state index in [1.807, 2.05) is 0 Å². The average Bonchev–Trinajstić information content (AvgIpc) is 2.53. The Hall–Kier alpha value is -1.80. The Morgan fingerprint density at radius 3 is 2.54 bits per heavy atom. The van der Waals surface area contributed by atoms with Crippen LogP contribution >= 0.6 is 23.4 Å². The van der Waals surface area contributed by atoms with E-state index in [1.54, 1.807) is 24.3 Å². The van der Waals surface area contributed by atoms with Gasteiger partial charge in [0, 0.05) is 17.0 Å². The minimum atomic E-state index is -4.78. The van der Waals surface area contributed by atoms with Gasteiger partial charge in [-0.05, 0) is 24.6 Å². The minimum absolute atomic E-state index is 0.0385. The SMILES string of the molecule is CCOC(=O)c1cnc(SCc2ccc(Cl)cc2)nc1C(F)(F)F. The fourth-order valence-electron chi connectivity index (χ4n) is 1.74. The Morgan fingerprint density at radius 2 is 1.96 bits per heavy atom. The van der Waals surface area contributed by atoms with Gasteiger partial charge in [-0.25, -0.2) is 14.8 Å². The third-order valence-corrected chi connectivity index (χ3v) is 4.00. The van der Waals surface area contributed by atoms with Gasteiger partial charge in [0.05, 0.1) is 6.61 Å². The summed E-state index contributed by atoms with van der Waals surface area (Å²) in [6, 6.07) is 6.88. The van der Waals surface area contributed by atoms with Crippen LogP contribution in [-0.2, 0) is 16.7 Å². The van der Waals surface area contributed by atoms with Gasteiger partial charge in [-0.15, -0.1) is 0 Å². The smallest absolute Gasteiger partial charge is 0.434 e. The molecule has 0 saturated heterocycles. The third-order valence-electron chi connectivity index (χ3n) is 2.81. The third kappa shape index (κ3) is 4.85. The lowest BCUT2D eigenvalue weighted by Crippen LogP contribution is -2.18. The standard InChI is InChI=1S/C15H12ClF3N2O2S/c1-2-23-13(22)11-7-20-14(21-12(11)15(17,18)19)24-8-9-3-5-10(16)6-4-9/h3-7H,2,8H2,1H3. The maximum atomic E-state index is 13.1. The maximum Gasteiger partial charge on any atom is 0.434 e. The van der Waals surface area contributed by atoms with Crippen molar-refractivity contribution in [3.05, 3.63) is 52.3 Å². The van der Waals surface area contributed by atoms with E-state index >= 15 is 0 Å². The van der Waals surface area contributed by atoms with Crippen molar-refractivity contribution < 1.29 is 22.7 Å². The number of halogens is 4. The van der Waals surface area contributed by atoms with Gasteiger partial charge in [0.25, 0.3) is 0 Å². The first-order valence-corrected chi connectivity index (χ1v) is 8.16. The maximum absolute atomic E-state index is 13.1. The second kappa shape index (κ2) is 7.85. The van der Waals surface area contributed by atoms with Crippen molar-refractivity contribution in [2.24, 2.45) is 0 Å². The fraction of sp³-hybridized carbons (Fsp3) is 0.267. The summed E-state index contributed by atoms with van der Waals surface area (Å²) in [7, 11) is 0. The number of nitrogens with zero attached hydrogens (tertiary/aromatic N) is 2. The molecule has 128 valence electrons. The topological polar surface area (TPSA) is 52.1 Å². The fourth-order valence-corrected chi connectivity index (χ4v) is 2.64. The summed E-state index contributed by atoms with van der Waals surface area (Å²) in [5, 5.41) is 0.489. The summed E-state index contributed by atoms with van der Waals surface area (Å²) in [5.74, 6) is -0.730. The van der Waals surface area contributed by atoms with Crippen molar-refractivity contribution in [1.29, 1.82) is 0 Å². The van der Waals surface area contributed by atoms with Gasteiger partial charge in [-0.1, -0.05) is 35.5 Å². The molecule has 24 heavy (non-hydrogen) atoms. The number of esters is 1. The molecule has 0 amide bonds. The normalized spacial score (nSPS) is 11.4. The molecule has 0 saturated carbocycles. The summed E-state index contributed by atoms with van der Waals surface area (Å²) in [5.41, 5.74) is -1.13.